The van der Waals surface area contributed by atoms with E-state index in [4.69, 9.17) is 4.74 Å². The van der Waals surface area contributed by atoms with E-state index in [1.54, 1.807) is 0 Å². The average Bonchev–Trinajstić information content (AvgIpc) is 3.09. The van der Waals surface area contributed by atoms with Gasteiger partial charge in [0.15, 0.2) is 0 Å². The highest BCUT2D eigenvalue weighted by Crippen LogP contribution is 2.80. The van der Waals surface area contributed by atoms with Crippen LogP contribution in [0.15, 0.2) is 0 Å². The second-order valence-electron chi connectivity index (χ2n) is 15.2. The van der Waals surface area contributed by atoms with E-state index in [0.29, 0.717) is 17.3 Å². The fraction of sp³-hybridized carbons (Fsp3) is 0.967. The Hall–Kier alpha value is -0.570. The minimum atomic E-state index is -0.880. The summed E-state index contributed by atoms with van der Waals surface area (Å²) < 4.78 is 6.28. The number of hydrogen-bond acceptors (Lipinski definition) is 3. The molecule has 3 nitrogen and oxygen atoms in total. The highest BCUT2D eigenvalue weighted by atomic mass is 16.6. The van der Waals surface area contributed by atoms with Crippen molar-refractivity contribution in [2.24, 2.45) is 56.7 Å². The van der Waals surface area contributed by atoms with Crippen molar-refractivity contribution >= 4 is 5.97 Å². The molecule has 0 radical (unpaired) electrons. The maximum Gasteiger partial charge on any atom is 0.313 e. The van der Waals surface area contributed by atoms with Crippen molar-refractivity contribution in [2.75, 3.05) is 0 Å². The summed E-state index contributed by atoms with van der Waals surface area (Å²) in [5, 5.41) is 13.0. The lowest BCUT2D eigenvalue weighted by Gasteiger charge is -2.77. The third-order valence-electron chi connectivity index (χ3n) is 13.9. The van der Waals surface area contributed by atoms with Gasteiger partial charge in [0.2, 0.25) is 0 Å². The molecule has 2 bridgehead atoms. The van der Waals surface area contributed by atoms with Crippen LogP contribution in [0, 0.1) is 56.7 Å². The van der Waals surface area contributed by atoms with Gasteiger partial charge in [0.05, 0.1) is 5.41 Å². The van der Waals surface area contributed by atoms with E-state index < -0.39 is 11.0 Å². The molecule has 1 spiro atoms. The third-order valence-corrected chi connectivity index (χ3v) is 13.9. The Kier molecular flexibility index (Phi) is 4.44. The van der Waals surface area contributed by atoms with Gasteiger partial charge in [0.1, 0.15) is 11.7 Å². The maximum atomic E-state index is 13.7. The molecule has 0 unspecified atom stereocenters. The lowest BCUT2D eigenvalue weighted by atomic mass is 9.30. The number of aliphatic hydroxyl groups is 1. The molecule has 7 fully saturated rings. The van der Waals surface area contributed by atoms with Crippen LogP contribution in [0.4, 0.5) is 0 Å². The van der Waals surface area contributed by atoms with E-state index in [0.717, 1.165) is 50.4 Å². The Morgan fingerprint density at radius 3 is 2.30 bits per heavy atom. The number of fused-ring (bicyclic) bond motifs is 4. The number of carbonyl (C=O) groups is 1. The predicted molar refractivity (Wildman–Crippen MR) is 130 cm³/mol. The van der Waals surface area contributed by atoms with Crippen LogP contribution in [-0.4, -0.2) is 22.8 Å². The van der Waals surface area contributed by atoms with E-state index in [1.807, 2.05) is 0 Å². The molecule has 1 N–H and O–H groups in total. The third kappa shape index (κ3) is 2.27. The first-order valence-corrected chi connectivity index (χ1v) is 14.2. The maximum absolute atomic E-state index is 13.7. The summed E-state index contributed by atoms with van der Waals surface area (Å²) in [5.41, 5.74) is -0.899. The number of rotatable bonds is 1. The van der Waals surface area contributed by atoms with Crippen LogP contribution in [0.5, 0.6) is 0 Å². The fourth-order valence-electron chi connectivity index (χ4n) is 12.3. The molecule has 2 saturated heterocycles. The zero-order chi connectivity index (χ0) is 23.8. The van der Waals surface area contributed by atoms with Crippen LogP contribution < -0.4 is 0 Å². The van der Waals surface area contributed by atoms with Gasteiger partial charge in [0, 0.05) is 11.3 Å². The lowest BCUT2D eigenvalue weighted by molar-refractivity contribution is -0.360. The van der Waals surface area contributed by atoms with Gasteiger partial charge in [-0.15, -0.1) is 0 Å². The molecule has 33 heavy (non-hydrogen) atoms. The first kappa shape index (κ1) is 22.9. The molecule has 5 saturated carbocycles. The van der Waals surface area contributed by atoms with Crippen molar-refractivity contribution in [1.82, 2.24) is 0 Å². The van der Waals surface area contributed by atoms with E-state index in [-0.39, 0.29) is 34.2 Å². The lowest BCUT2D eigenvalue weighted by Crippen LogP contribution is -2.81. The van der Waals surface area contributed by atoms with E-state index >= 15 is 0 Å². The van der Waals surface area contributed by atoms with Crippen LogP contribution in [-0.2, 0) is 9.53 Å². The minimum Gasteiger partial charge on any atom is -0.459 e. The van der Waals surface area contributed by atoms with Crippen molar-refractivity contribution in [2.45, 2.75) is 124 Å². The summed E-state index contributed by atoms with van der Waals surface area (Å²) in [4.78, 5) is 13.7. The molecule has 0 aromatic heterocycles. The van der Waals surface area contributed by atoms with Gasteiger partial charge in [-0.25, -0.2) is 0 Å². The van der Waals surface area contributed by atoms with Gasteiger partial charge >= 0.3 is 5.97 Å². The Morgan fingerprint density at radius 1 is 0.879 bits per heavy atom. The smallest absolute Gasteiger partial charge is 0.313 e. The van der Waals surface area contributed by atoms with Crippen molar-refractivity contribution < 1.29 is 14.6 Å². The van der Waals surface area contributed by atoms with Crippen molar-refractivity contribution in [3.63, 3.8) is 0 Å². The Morgan fingerprint density at radius 2 is 1.61 bits per heavy atom. The molecule has 2 heterocycles. The molecule has 7 aliphatic rings. The normalized spacial score (nSPS) is 58.8. The molecule has 0 amide bonds. The molecule has 10 atom stereocenters. The van der Waals surface area contributed by atoms with Crippen LogP contribution in [0.1, 0.15) is 113 Å². The second-order valence-corrected chi connectivity index (χ2v) is 15.2. The quantitative estimate of drug-likeness (QED) is 0.443. The first-order valence-electron chi connectivity index (χ1n) is 14.2. The second kappa shape index (κ2) is 6.40. The monoisotopic (exact) mass is 456 g/mol. The number of esters is 1. The number of carbonyl (C=O) groups excluding carboxylic acids is 1. The van der Waals surface area contributed by atoms with Crippen molar-refractivity contribution in [1.29, 1.82) is 0 Å². The van der Waals surface area contributed by atoms with Gasteiger partial charge in [0.25, 0.3) is 0 Å². The summed E-state index contributed by atoms with van der Waals surface area (Å²) in [6, 6.07) is 0. The number of hydrogen-bond donors (Lipinski definition) is 1. The van der Waals surface area contributed by atoms with Gasteiger partial charge < -0.3 is 9.84 Å². The SMILES string of the molecule is CC(C)[C@H]1CC[C@H]2[C@]1(C)CC[C@]1(C)[C@@]3(O)[C@@H]4C[C@H]5C(C)(C)CCC[C@]5(C(=O)O4)[C@@H]3CC[C@@]21C. The summed E-state index contributed by atoms with van der Waals surface area (Å²) in [5.74, 6) is 2.64. The van der Waals surface area contributed by atoms with Crippen molar-refractivity contribution in [3.05, 3.63) is 0 Å². The Labute approximate surface area is 201 Å². The molecule has 2 aliphatic heterocycles. The molecule has 7 rings (SSSR count). The molecular formula is C30H48O3. The van der Waals surface area contributed by atoms with Crippen LogP contribution in [0.3, 0.4) is 0 Å². The topological polar surface area (TPSA) is 46.5 Å². The fourth-order valence-corrected chi connectivity index (χ4v) is 12.3. The number of ether oxygens (including phenoxy) is 1. The zero-order valence-corrected chi connectivity index (χ0v) is 22.3. The Balaban J connectivity index is 1.47. The van der Waals surface area contributed by atoms with Crippen LogP contribution in [0.25, 0.3) is 0 Å². The predicted octanol–water partition coefficient (Wildman–Crippen LogP) is 6.76. The highest BCUT2D eigenvalue weighted by molar-refractivity contribution is 5.81. The van der Waals surface area contributed by atoms with Gasteiger partial charge in [-0.1, -0.05) is 54.9 Å². The summed E-state index contributed by atoms with van der Waals surface area (Å²) in [6.45, 7) is 17.1. The molecule has 0 aromatic rings. The molecule has 5 aliphatic carbocycles. The molecular weight excluding hydrogens is 408 g/mol. The van der Waals surface area contributed by atoms with Gasteiger partial charge in [-0.2, -0.15) is 0 Å². The van der Waals surface area contributed by atoms with Crippen molar-refractivity contribution in [3.8, 4) is 0 Å². The molecule has 0 aromatic carbocycles. The Bertz CT molecular complexity index is 878. The zero-order valence-electron chi connectivity index (χ0n) is 22.3. The standard InChI is InChI=1S/C30H48O3/c1-18(2)19-9-10-20-26(19,5)15-16-28(7)27(20,6)14-11-21-29-13-8-12-25(3,4)22(29)17-23(30(21,28)32)33-24(29)31/h18-23,32H,8-17H2,1-7H3/t19-,20+,21+,22+,23+,26-,27+,28+,29+,30+/m1/s1. The van der Waals surface area contributed by atoms with Crippen LogP contribution >= 0.6 is 0 Å². The first-order chi connectivity index (χ1) is 15.3. The average molecular weight is 457 g/mol. The highest BCUT2D eigenvalue weighted by Gasteiger charge is 2.82. The van der Waals surface area contributed by atoms with Gasteiger partial charge in [-0.3, -0.25) is 4.79 Å². The minimum absolute atomic E-state index is 0.0415. The van der Waals surface area contributed by atoms with E-state index in [2.05, 4.69) is 48.5 Å². The van der Waals surface area contributed by atoms with Gasteiger partial charge in [-0.05, 0) is 97.7 Å². The summed E-state index contributed by atoms with van der Waals surface area (Å²) in [6.07, 6.45) is 10.8. The molecule has 186 valence electrons. The summed E-state index contributed by atoms with van der Waals surface area (Å²) in [7, 11) is 0. The van der Waals surface area contributed by atoms with Crippen LogP contribution in [0.2, 0.25) is 0 Å². The van der Waals surface area contributed by atoms with E-state index in [1.165, 1.54) is 25.7 Å². The largest absolute Gasteiger partial charge is 0.459 e. The van der Waals surface area contributed by atoms with E-state index in [9.17, 15) is 9.90 Å². The summed E-state index contributed by atoms with van der Waals surface area (Å²) >= 11 is 0. The molecule has 3 heteroatoms.